The summed E-state index contributed by atoms with van der Waals surface area (Å²) in [4.78, 5) is 30.5. The van der Waals surface area contributed by atoms with Crippen molar-refractivity contribution in [3.63, 3.8) is 0 Å². The Morgan fingerprint density at radius 2 is 1.93 bits per heavy atom. The summed E-state index contributed by atoms with van der Waals surface area (Å²) in [6, 6.07) is 12.7. The topological polar surface area (TPSA) is 104 Å². The molecule has 3 N–H and O–H groups in total. The molecule has 0 bridgehead atoms. The van der Waals surface area contributed by atoms with Gasteiger partial charge < -0.3 is 19.8 Å². The van der Waals surface area contributed by atoms with Gasteiger partial charge in [-0.15, -0.1) is 11.8 Å². The maximum absolute atomic E-state index is 12.8. The molecule has 142 valence electrons. The maximum Gasteiger partial charge on any atom is 0.323 e. The Labute approximate surface area is 164 Å². The second-order valence-corrected chi connectivity index (χ2v) is 7.40. The number of benzene rings is 2. The van der Waals surface area contributed by atoms with E-state index in [-0.39, 0.29) is 11.6 Å². The van der Waals surface area contributed by atoms with Crippen LogP contribution in [-0.2, 0) is 5.75 Å². The minimum Gasteiger partial charge on any atom is -0.361 e. The number of aryl methyl sites for hydroxylation is 2. The van der Waals surface area contributed by atoms with Gasteiger partial charge in [0.25, 0.3) is 5.91 Å². The van der Waals surface area contributed by atoms with E-state index in [2.05, 4.69) is 20.4 Å². The Morgan fingerprint density at radius 1 is 1.14 bits per heavy atom. The van der Waals surface area contributed by atoms with Crippen LogP contribution in [0.2, 0.25) is 0 Å². The van der Waals surface area contributed by atoms with Gasteiger partial charge in [-0.25, -0.2) is 4.79 Å². The number of nitrogens with one attached hydrogen (secondary N) is 3. The molecule has 2 aromatic carbocycles. The van der Waals surface area contributed by atoms with Crippen molar-refractivity contribution < 1.29 is 9.32 Å². The number of fused-ring (bicyclic) bond motifs is 1. The van der Waals surface area contributed by atoms with Gasteiger partial charge in [0.05, 0.1) is 22.3 Å². The second-order valence-electron chi connectivity index (χ2n) is 6.38. The number of thioether (sulfide) groups is 1. The van der Waals surface area contributed by atoms with E-state index < -0.39 is 0 Å². The minimum atomic E-state index is -0.278. The number of aromatic nitrogens is 3. The average Bonchev–Trinajstić information content (AvgIpc) is 3.20. The number of nitrogens with zero attached hydrogens (tertiary/aromatic N) is 1. The molecule has 2 heterocycles. The predicted molar refractivity (Wildman–Crippen MR) is 109 cm³/mol. The van der Waals surface area contributed by atoms with Gasteiger partial charge in [0.1, 0.15) is 5.76 Å². The molecule has 8 heteroatoms. The van der Waals surface area contributed by atoms with Crippen LogP contribution < -0.4 is 11.0 Å². The molecule has 0 saturated heterocycles. The van der Waals surface area contributed by atoms with Crippen LogP contribution in [-0.4, -0.2) is 21.0 Å². The van der Waals surface area contributed by atoms with E-state index in [1.54, 1.807) is 36.0 Å². The lowest BCUT2D eigenvalue weighted by Crippen LogP contribution is -2.13. The summed E-state index contributed by atoms with van der Waals surface area (Å²) < 4.78 is 5.21. The largest absolute Gasteiger partial charge is 0.361 e. The molecule has 0 aliphatic heterocycles. The molecule has 4 aromatic rings. The number of amides is 1. The van der Waals surface area contributed by atoms with Gasteiger partial charge in [0.2, 0.25) is 0 Å². The number of carbonyl (C=O) groups excluding carboxylic acids is 1. The zero-order chi connectivity index (χ0) is 19.7. The first-order chi connectivity index (χ1) is 13.5. The molecule has 0 aliphatic carbocycles. The predicted octanol–water partition coefficient (Wildman–Crippen LogP) is 4.01. The first-order valence-electron chi connectivity index (χ1n) is 8.68. The summed E-state index contributed by atoms with van der Waals surface area (Å²) in [6.45, 7) is 3.79. The van der Waals surface area contributed by atoms with Crippen LogP contribution in [0.15, 0.2) is 56.7 Å². The number of aromatic amines is 2. The molecule has 7 nitrogen and oxygen atoms in total. The number of rotatable bonds is 5. The summed E-state index contributed by atoms with van der Waals surface area (Å²) in [7, 11) is 0. The van der Waals surface area contributed by atoms with Crippen molar-refractivity contribution in [2.24, 2.45) is 0 Å². The highest BCUT2D eigenvalue weighted by Crippen LogP contribution is 2.29. The number of imidazole rings is 1. The van der Waals surface area contributed by atoms with E-state index in [1.807, 2.05) is 32.0 Å². The van der Waals surface area contributed by atoms with E-state index in [1.165, 1.54) is 0 Å². The Balaban J connectivity index is 1.54. The molecule has 2 aromatic heterocycles. The Kier molecular flexibility index (Phi) is 4.79. The Bertz CT molecular complexity index is 1200. The van der Waals surface area contributed by atoms with Crippen LogP contribution in [0.4, 0.5) is 5.69 Å². The molecular formula is C20H18N4O3S. The van der Waals surface area contributed by atoms with Gasteiger partial charge in [-0.05, 0) is 44.2 Å². The first kappa shape index (κ1) is 18.1. The molecule has 0 unspecified atom stereocenters. The summed E-state index contributed by atoms with van der Waals surface area (Å²) in [5, 5.41) is 6.87. The molecular weight excluding hydrogens is 376 g/mol. The van der Waals surface area contributed by atoms with E-state index in [0.29, 0.717) is 28.0 Å². The fraction of sp³-hybridized carbons (Fsp3) is 0.150. The summed E-state index contributed by atoms with van der Waals surface area (Å²) >= 11 is 1.56. The van der Waals surface area contributed by atoms with Gasteiger partial charge in [-0.2, -0.15) is 0 Å². The lowest BCUT2D eigenvalue weighted by atomic mass is 10.2. The summed E-state index contributed by atoms with van der Waals surface area (Å²) in [6.07, 6.45) is 0. The standard InChI is InChI=1S/C20H18N4O3S/c1-11-15(12(2)27-24-11)10-28-18-6-4-3-5-14(18)19(25)21-13-7-8-16-17(9-13)23-20(26)22-16/h3-9H,10H2,1-2H3,(H,21,25)(H2,22,23,26). The van der Waals surface area contributed by atoms with Crippen LogP contribution >= 0.6 is 11.8 Å². The number of H-pyrrole nitrogens is 2. The fourth-order valence-electron chi connectivity index (χ4n) is 2.95. The summed E-state index contributed by atoms with van der Waals surface area (Å²) in [5.41, 5.74) is 4.16. The Morgan fingerprint density at radius 3 is 2.71 bits per heavy atom. The third kappa shape index (κ3) is 3.59. The highest BCUT2D eigenvalue weighted by Gasteiger charge is 2.15. The molecule has 0 radical (unpaired) electrons. The van der Waals surface area contributed by atoms with Gasteiger partial charge >= 0.3 is 5.69 Å². The van der Waals surface area contributed by atoms with Crippen molar-refractivity contribution in [1.29, 1.82) is 0 Å². The molecule has 0 fully saturated rings. The molecule has 0 spiro atoms. The normalized spacial score (nSPS) is 11.1. The van der Waals surface area contributed by atoms with Crippen molar-refractivity contribution in [1.82, 2.24) is 15.1 Å². The SMILES string of the molecule is Cc1noc(C)c1CSc1ccccc1C(=O)Nc1ccc2[nH]c(=O)[nH]c2c1. The monoisotopic (exact) mass is 394 g/mol. The van der Waals surface area contributed by atoms with Crippen LogP contribution in [0.3, 0.4) is 0 Å². The average molecular weight is 394 g/mol. The lowest BCUT2D eigenvalue weighted by Gasteiger charge is -2.10. The van der Waals surface area contributed by atoms with E-state index in [4.69, 9.17) is 4.52 Å². The van der Waals surface area contributed by atoms with Crippen LogP contribution in [0.25, 0.3) is 11.0 Å². The number of carbonyl (C=O) groups is 1. The van der Waals surface area contributed by atoms with Crippen molar-refractivity contribution in [3.05, 3.63) is 75.5 Å². The third-order valence-electron chi connectivity index (χ3n) is 4.46. The lowest BCUT2D eigenvalue weighted by molar-refractivity contribution is 0.102. The minimum absolute atomic E-state index is 0.209. The molecule has 1 amide bonds. The van der Waals surface area contributed by atoms with Crippen LogP contribution in [0.5, 0.6) is 0 Å². The molecule has 28 heavy (non-hydrogen) atoms. The van der Waals surface area contributed by atoms with Crippen molar-refractivity contribution in [3.8, 4) is 0 Å². The van der Waals surface area contributed by atoms with Gasteiger partial charge in [-0.1, -0.05) is 17.3 Å². The second kappa shape index (κ2) is 7.40. The Hall–Kier alpha value is -3.26. The van der Waals surface area contributed by atoms with Crippen LogP contribution in [0.1, 0.15) is 27.4 Å². The highest BCUT2D eigenvalue weighted by molar-refractivity contribution is 7.98. The molecule has 0 saturated carbocycles. The van der Waals surface area contributed by atoms with Crippen molar-refractivity contribution >= 4 is 34.4 Å². The highest BCUT2D eigenvalue weighted by atomic mass is 32.2. The van der Waals surface area contributed by atoms with Gasteiger partial charge in [-0.3, -0.25) is 4.79 Å². The number of hydrogen-bond donors (Lipinski definition) is 3. The van der Waals surface area contributed by atoms with Crippen LogP contribution in [0, 0.1) is 13.8 Å². The van der Waals surface area contributed by atoms with E-state index in [0.717, 1.165) is 21.9 Å². The molecule has 0 aliphatic rings. The van der Waals surface area contributed by atoms with Crippen molar-refractivity contribution in [2.75, 3.05) is 5.32 Å². The molecule has 4 rings (SSSR count). The van der Waals surface area contributed by atoms with E-state index in [9.17, 15) is 9.59 Å². The third-order valence-corrected chi connectivity index (χ3v) is 5.56. The first-order valence-corrected chi connectivity index (χ1v) is 9.67. The fourth-order valence-corrected chi connectivity index (χ4v) is 4.15. The smallest absolute Gasteiger partial charge is 0.323 e. The zero-order valence-electron chi connectivity index (χ0n) is 15.3. The molecule has 0 atom stereocenters. The number of anilines is 1. The van der Waals surface area contributed by atoms with Gasteiger partial charge in [0, 0.05) is 21.9 Å². The van der Waals surface area contributed by atoms with E-state index >= 15 is 0 Å². The van der Waals surface area contributed by atoms with Crippen molar-refractivity contribution in [2.45, 2.75) is 24.5 Å². The maximum atomic E-state index is 12.8. The number of hydrogen-bond acceptors (Lipinski definition) is 5. The van der Waals surface area contributed by atoms with Gasteiger partial charge in [0.15, 0.2) is 0 Å². The summed E-state index contributed by atoms with van der Waals surface area (Å²) in [5.74, 6) is 1.25. The zero-order valence-corrected chi connectivity index (χ0v) is 16.1. The quantitative estimate of drug-likeness (QED) is 0.444.